The third-order valence-electron chi connectivity index (χ3n) is 2.59. The minimum Gasteiger partial charge on any atom is -0.493 e. The molecule has 0 saturated heterocycles. The molecular weight excluding hydrogens is 252 g/mol. The van der Waals surface area contributed by atoms with Crippen LogP contribution in [0.1, 0.15) is 31.4 Å². The van der Waals surface area contributed by atoms with E-state index >= 15 is 0 Å². The summed E-state index contributed by atoms with van der Waals surface area (Å²) in [6.07, 6.45) is 0.511. The first-order chi connectivity index (χ1) is 8.65. The average molecular weight is 269 g/mol. The minimum atomic E-state index is -0.654. The van der Waals surface area contributed by atoms with Crippen molar-refractivity contribution in [2.24, 2.45) is 0 Å². The average Bonchev–Trinajstić information content (AvgIpc) is 2.38. The Morgan fingerprint density at radius 3 is 2.61 bits per heavy atom. The molecule has 0 aliphatic rings. The van der Waals surface area contributed by atoms with Gasteiger partial charge in [0.25, 0.3) is 0 Å². The van der Waals surface area contributed by atoms with Gasteiger partial charge in [0, 0.05) is 12.0 Å². The highest BCUT2D eigenvalue weighted by atomic mass is 35.5. The second-order valence-corrected chi connectivity index (χ2v) is 4.06. The van der Waals surface area contributed by atoms with Crippen LogP contribution in [0.3, 0.4) is 0 Å². The fourth-order valence-corrected chi connectivity index (χ4v) is 2.01. The molecule has 1 unspecified atom stereocenters. The lowest BCUT2D eigenvalue weighted by atomic mass is 10.0. The summed E-state index contributed by atoms with van der Waals surface area (Å²) in [7, 11) is 3.06. The van der Waals surface area contributed by atoms with Crippen molar-refractivity contribution < 1.29 is 14.6 Å². The minimum absolute atomic E-state index is 0.383. The number of ether oxygens (including phenoxy) is 2. The zero-order chi connectivity index (χ0) is 13.5. The molecule has 3 nitrogen and oxygen atoms in total. The summed E-state index contributed by atoms with van der Waals surface area (Å²) in [6, 6.07) is 3.47. The van der Waals surface area contributed by atoms with Gasteiger partial charge in [-0.15, -0.1) is 11.8 Å². The lowest BCUT2D eigenvalue weighted by Crippen LogP contribution is -2.01. The summed E-state index contributed by atoms with van der Waals surface area (Å²) in [6.45, 7) is 1.77. The first-order valence-corrected chi connectivity index (χ1v) is 6.01. The van der Waals surface area contributed by atoms with Crippen LogP contribution in [0.15, 0.2) is 12.1 Å². The Labute approximate surface area is 113 Å². The third-order valence-corrected chi connectivity index (χ3v) is 2.98. The summed E-state index contributed by atoms with van der Waals surface area (Å²) < 4.78 is 10.3. The van der Waals surface area contributed by atoms with Crippen molar-refractivity contribution in [1.82, 2.24) is 0 Å². The maximum Gasteiger partial charge on any atom is 0.179 e. The highest BCUT2D eigenvalue weighted by molar-refractivity contribution is 6.33. The predicted octanol–water partition coefficient (Wildman–Crippen LogP) is 3.19. The zero-order valence-corrected chi connectivity index (χ0v) is 11.5. The smallest absolute Gasteiger partial charge is 0.179 e. The number of methoxy groups -OCH3 is 2. The first kappa shape index (κ1) is 14.7. The van der Waals surface area contributed by atoms with Gasteiger partial charge >= 0.3 is 0 Å². The van der Waals surface area contributed by atoms with Gasteiger partial charge in [-0.3, -0.25) is 0 Å². The van der Waals surface area contributed by atoms with Crippen LogP contribution in [-0.2, 0) is 0 Å². The molecule has 0 aliphatic carbocycles. The van der Waals surface area contributed by atoms with Gasteiger partial charge < -0.3 is 14.6 Å². The van der Waals surface area contributed by atoms with Gasteiger partial charge in [-0.05, 0) is 19.4 Å². The molecule has 0 aliphatic heterocycles. The number of aliphatic hydroxyl groups is 1. The van der Waals surface area contributed by atoms with Crippen LogP contribution in [0.2, 0.25) is 5.02 Å². The van der Waals surface area contributed by atoms with Crippen LogP contribution in [0.4, 0.5) is 0 Å². The molecule has 0 saturated carbocycles. The monoisotopic (exact) mass is 268 g/mol. The van der Waals surface area contributed by atoms with E-state index in [4.69, 9.17) is 21.1 Å². The van der Waals surface area contributed by atoms with E-state index in [1.54, 1.807) is 26.2 Å². The SMILES string of the molecule is CC#CCCC(O)c1ccc(OC)c(OC)c1Cl. The third kappa shape index (κ3) is 3.32. The van der Waals surface area contributed by atoms with Crippen molar-refractivity contribution in [1.29, 1.82) is 0 Å². The zero-order valence-electron chi connectivity index (χ0n) is 10.8. The van der Waals surface area contributed by atoms with E-state index in [2.05, 4.69) is 11.8 Å². The Bertz CT molecular complexity index is 460. The van der Waals surface area contributed by atoms with E-state index in [1.807, 2.05) is 0 Å². The normalized spacial score (nSPS) is 11.4. The molecule has 0 spiro atoms. The van der Waals surface area contributed by atoms with Crippen molar-refractivity contribution in [2.75, 3.05) is 14.2 Å². The largest absolute Gasteiger partial charge is 0.493 e. The molecule has 0 bridgehead atoms. The first-order valence-electron chi connectivity index (χ1n) is 5.63. The van der Waals surface area contributed by atoms with Gasteiger partial charge in [0.15, 0.2) is 11.5 Å². The number of halogens is 1. The van der Waals surface area contributed by atoms with Gasteiger partial charge in [-0.25, -0.2) is 0 Å². The summed E-state index contributed by atoms with van der Waals surface area (Å²) >= 11 is 6.20. The molecule has 1 rings (SSSR count). The van der Waals surface area contributed by atoms with Crippen molar-refractivity contribution in [2.45, 2.75) is 25.9 Å². The molecule has 0 aromatic heterocycles. The van der Waals surface area contributed by atoms with Crippen LogP contribution in [0, 0.1) is 11.8 Å². The summed E-state index contributed by atoms with van der Waals surface area (Å²) in [5.74, 6) is 6.69. The molecule has 4 heteroatoms. The quantitative estimate of drug-likeness (QED) is 0.834. The van der Waals surface area contributed by atoms with Gasteiger partial charge in [0.05, 0.1) is 25.3 Å². The molecule has 1 aromatic carbocycles. The summed E-state index contributed by atoms with van der Waals surface area (Å²) in [5.41, 5.74) is 0.632. The fraction of sp³-hybridized carbons (Fsp3) is 0.429. The number of aliphatic hydroxyl groups excluding tert-OH is 1. The van der Waals surface area contributed by atoms with E-state index in [9.17, 15) is 5.11 Å². The van der Waals surface area contributed by atoms with Crippen LogP contribution in [-0.4, -0.2) is 19.3 Å². The fourth-order valence-electron chi connectivity index (χ4n) is 1.65. The van der Waals surface area contributed by atoms with Gasteiger partial charge in [-0.2, -0.15) is 0 Å². The van der Waals surface area contributed by atoms with Crippen molar-refractivity contribution in [3.05, 3.63) is 22.7 Å². The molecule has 0 heterocycles. The second kappa shape index (κ2) is 7.15. The lowest BCUT2D eigenvalue weighted by Gasteiger charge is -2.16. The highest BCUT2D eigenvalue weighted by Gasteiger charge is 2.18. The highest BCUT2D eigenvalue weighted by Crippen LogP contribution is 2.40. The molecule has 0 amide bonds. The van der Waals surface area contributed by atoms with E-state index < -0.39 is 6.10 Å². The second-order valence-electron chi connectivity index (χ2n) is 3.69. The molecular formula is C14H17ClO3. The van der Waals surface area contributed by atoms with E-state index in [1.165, 1.54) is 7.11 Å². The van der Waals surface area contributed by atoms with Gasteiger partial charge in [0.1, 0.15) is 0 Å². The van der Waals surface area contributed by atoms with Crippen molar-refractivity contribution in [3.8, 4) is 23.3 Å². The molecule has 0 radical (unpaired) electrons. The Hall–Kier alpha value is -1.37. The van der Waals surface area contributed by atoms with Crippen LogP contribution < -0.4 is 9.47 Å². The Kier molecular flexibility index (Phi) is 5.84. The van der Waals surface area contributed by atoms with E-state index in [0.29, 0.717) is 34.9 Å². The molecule has 98 valence electrons. The van der Waals surface area contributed by atoms with E-state index in [0.717, 1.165) is 0 Å². The van der Waals surface area contributed by atoms with Crippen molar-refractivity contribution >= 4 is 11.6 Å². The van der Waals surface area contributed by atoms with Crippen LogP contribution >= 0.6 is 11.6 Å². The number of rotatable bonds is 5. The van der Waals surface area contributed by atoms with Crippen molar-refractivity contribution in [3.63, 3.8) is 0 Å². The van der Waals surface area contributed by atoms with Crippen LogP contribution in [0.25, 0.3) is 0 Å². The molecule has 1 atom stereocenters. The Balaban J connectivity index is 2.98. The maximum absolute atomic E-state index is 10.1. The Morgan fingerprint density at radius 2 is 2.06 bits per heavy atom. The lowest BCUT2D eigenvalue weighted by molar-refractivity contribution is 0.169. The van der Waals surface area contributed by atoms with Crippen LogP contribution in [0.5, 0.6) is 11.5 Å². The van der Waals surface area contributed by atoms with E-state index in [-0.39, 0.29) is 0 Å². The van der Waals surface area contributed by atoms with Gasteiger partial charge in [0.2, 0.25) is 0 Å². The summed E-state index contributed by atoms with van der Waals surface area (Å²) in [4.78, 5) is 0. The number of benzene rings is 1. The predicted molar refractivity (Wildman–Crippen MR) is 72.2 cm³/mol. The molecule has 0 fully saturated rings. The maximum atomic E-state index is 10.1. The molecule has 1 N–H and O–H groups in total. The number of hydrogen-bond donors (Lipinski definition) is 1. The number of hydrogen-bond acceptors (Lipinski definition) is 3. The molecule has 18 heavy (non-hydrogen) atoms. The van der Waals surface area contributed by atoms with Gasteiger partial charge in [-0.1, -0.05) is 17.7 Å². The molecule has 1 aromatic rings. The summed E-state index contributed by atoms with van der Waals surface area (Å²) in [5, 5.41) is 10.4. The standard InChI is InChI=1S/C14H17ClO3/c1-4-5-6-7-11(16)10-8-9-12(17-2)14(18-3)13(10)15/h8-9,11,16H,6-7H2,1-3H3. The Morgan fingerprint density at radius 1 is 1.33 bits per heavy atom. The topological polar surface area (TPSA) is 38.7 Å².